The maximum absolute atomic E-state index is 13.0. The summed E-state index contributed by atoms with van der Waals surface area (Å²) in [6.45, 7) is 3.06. The minimum atomic E-state index is -0.121. The highest BCUT2D eigenvalue weighted by Gasteiger charge is 2.23. The molecule has 1 atom stereocenters. The maximum Gasteiger partial charge on any atom is 0.242 e. The third kappa shape index (κ3) is 4.46. The van der Waals surface area contributed by atoms with Gasteiger partial charge in [-0.25, -0.2) is 4.98 Å². The number of fused-ring (bicyclic) bond motifs is 3. The van der Waals surface area contributed by atoms with Crippen molar-refractivity contribution >= 4 is 28.5 Å². The van der Waals surface area contributed by atoms with E-state index in [-0.39, 0.29) is 24.9 Å². The van der Waals surface area contributed by atoms with Crippen molar-refractivity contribution in [3.05, 3.63) is 42.0 Å². The first-order valence-electron chi connectivity index (χ1n) is 11.0. The molecular formula is C23H31N7O2. The van der Waals surface area contributed by atoms with Crippen LogP contribution in [0.1, 0.15) is 24.7 Å². The molecule has 32 heavy (non-hydrogen) atoms. The van der Waals surface area contributed by atoms with Gasteiger partial charge in [-0.2, -0.15) is 5.10 Å². The number of hydrogen-bond acceptors (Lipinski definition) is 5. The first-order valence-corrected chi connectivity index (χ1v) is 11.0. The van der Waals surface area contributed by atoms with Crippen molar-refractivity contribution in [1.82, 2.24) is 29.1 Å². The Balaban J connectivity index is 1.65. The van der Waals surface area contributed by atoms with Gasteiger partial charge in [-0.1, -0.05) is 0 Å². The zero-order valence-corrected chi connectivity index (χ0v) is 19.2. The van der Waals surface area contributed by atoms with E-state index in [4.69, 9.17) is 4.98 Å². The number of likely N-dealkylation sites (N-methyl/N-ethyl adjacent to an activating group) is 2. The van der Waals surface area contributed by atoms with Crippen LogP contribution in [-0.4, -0.2) is 74.7 Å². The third-order valence-corrected chi connectivity index (χ3v) is 6.05. The lowest BCUT2D eigenvalue weighted by atomic mass is 9.98. The van der Waals surface area contributed by atoms with Gasteiger partial charge in [0.2, 0.25) is 11.8 Å². The van der Waals surface area contributed by atoms with Gasteiger partial charge in [0.25, 0.3) is 0 Å². The van der Waals surface area contributed by atoms with Crippen molar-refractivity contribution < 1.29 is 9.59 Å². The van der Waals surface area contributed by atoms with Crippen LogP contribution in [0.4, 0.5) is 5.69 Å². The predicted octanol–water partition coefficient (Wildman–Crippen LogP) is 1.77. The second kappa shape index (κ2) is 9.02. The average Bonchev–Trinajstić information content (AvgIpc) is 3.39. The zero-order valence-electron chi connectivity index (χ0n) is 19.2. The Hall–Kier alpha value is -3.36. The van der Waals surface area contributed by atoms with Gasteiger partial charge in [0.05, 0.1) is 17.6 Å². The van der Waals surface area contributed by atoms with E-state index >= 15 is 0 Å². The Morgan fingerprint density at radius 3 is 2.75 bits per heavy atom. The first kappa shape index (κ1) is 21.9. The van der Waals surface area contributed by atoms with Crippen molar-refractivity contribution in [3.8, 4) is 0 Å². The summed E-state index contributed by atoms with van der Waals surface area (Å²) in [5.74, 6) is 0.622. The molecule has 2 amide bonds. The van der Waals surface area contributed by atoms with Gasteiger partial charge in [-0.3, -0.25) is 14.3 Å². The van der Waals surface area contributed by atoms with E-state index in [1.807, 2.05) is 27.6 Å². The molecule has 1 aromatic carbocycles. The minimum absolute atomic E-state index is 0.0539. The fourth-order valence-electron chi connectivity index (χ4n) is 4.08. The summed E-state index contributed by atoms with van der Waals surface area (Å²) in [7, 11) is 5.05. The topological polar surface area (TPSA) is 88.3 Å². The molecule has 1 N–H and O–H groups in total. The monoisotopic (exact) mass is 437 g/mol. The SMILES string of the molecule is C[C@H]1CCc2c(ccc3c2nc(CCn2cccn2)n3CC(=O)N(C)CC(=O)N(C)C)N1. The highest BCUT2D eigenvalue weighted by Crippen LogP contribution is 2.32. The van der Waals surface area contributed by atoms with E-state index < -0.39 is 0 Å². The fraction of sp³-hybridized carbons (Fsp3) is 0.478. The van der Waals surface area contributed by atoms with E-state index in [9.17, 15) is 9.59 Å². The minimum Gasteiger partial charge on any atom is -0.382 e. The number of nitrogens with one attached hydrogen (secondary N) is 1. The Kier molecular flexibility index (Phi) is 6.16. The molecule has 0 fully saturated rings. The predicted molar refractivity (Wildman–Crippen MR) is 123 cm³/mol. The highest BCUT2D eigenvalue weighted by atomic mass is 16.2. The summed E-state index contributed by atoms with van der Waals surface area (Å²) in [5, 5.41) is 7.83. The lowest BCUT2D eigenvalue weighted by Gasteiger charge is -2.24. The molecule has 0 spiro atoms. The number of amides is 2. The van der Waals surface area contributed by atoms with Crippen LogP contribution in [0.25, 0.3) is 11.0 Å². The van der Waals surface area contributed by atoms with E-state index in [0.29, 0.717) is 19.0 Å². The van der Waals surface area contributed by atoms with Crippen molar-refractivity contribution in [2.75, 3.05) is 33.0 Å². The highest BCUT2D eigenvalue weighted by molar-refractivity contribution is 5.88. The van der Waals surface area contributed by atoms with Gasteiger partial charge in [0, 0.05) is 63.8 Å². The molecule has 3 heterocycles. The number of hydrogen-bond donors (Lipinski definition) is 1. The molecule has 9 nitrogen and oxygen atoms in total. The van der Waals surface area contributed by atoms with E-state index in [1.165, 1.54) is 15.4 Å². The Bertz CT molecular complexity index is 1120. The van der Waals surface area contributed by atoms with Crippen LogP contribution < -0.4 is 5.32 Å². The normalized spacial score (nSPS) is 15.3. The number of nitrogens with zero attached hydrogens (tertiary/aromatic N) is 6. The lowest BCUT2D eigenvalue weighted by molar-refractivity contribution is -0.138. The number of carbonyl (C=O) groups is 2. The Labute approximate surface area is 188 Å². The summed E-state index contributed by atoms with van der Waals surface area (Å²) < 4.78 is 3.86. The van der Waals surface area contributed by atoms with Gasteiger partial charge in [-0.15, -0.1) is 0 Å². The number of imidazole rings is 1. The van der Waals surface area contributed by atoms with Crippen molar-refractivity contribution in [1.29, 1.82) is 0 Å². The molecule has 9 heteroatoms. The molecule has 0 saturated heterocycles. The molecule has 2 aromatic heterocycles. The molecule has 4 rings (SSSR count). The summed E-state index contributed by atoms with van der Waals surface area (Å²) in [6, 6.07) is 6.46. The van der Waals surface area contributed by atoms with E-state index in [2.05, 4.69) is 23.4 Å². The Morgan fingerprint density at radius 1 is 1.22 bits per heavy atom. The Morgan fingerprint density at radius 2 is 2.03 bits per heavy atom. The van der Waals surface area contributed by atoms with Gasteiger partial charge < -0.3 is 19.7 Å². The van der Waals surface area contributed by atoms with Gasteiger partial charge in [-0.05, 0) is 38.0 Å². The van der Waals surface area contributed by atoms with Crippen LogP contribution in [0, 0.1) is 0 Å². The van der Waals surface area contributed by atoms with Crippen LogP contribution in [0.3, 0.4) is 0 Å². The summed E-state index contributed by atoms with van der Waals surface area (Å²) in [5.41, 5.74) is 4.25. The molecule has 1 aliphatic heterocycles. The molecule has 0 unspecified atom stereocenters. The van der Waals surface area contributed by atoms with Crippen molar-refractivity contribution in [2.24, 2.45) is 0 Å². The number of anilines is 1. The number of aryl methyl sites for hydroxylation is 3. The third-order valence-electron chi connectivity index (χ3n) is 6.05. The second-order valence-corrected chi connectivity index (χ2v) is 8.71. The maximum atomic E-state index is 13.0. The summed E-state index contributed by atoms with van der Waals surface area (Å²) in [4.78, 5) is 33.0. The summed E-state index contributed by atoms with van der Waals surface area (Å²) in [6.07, 6.45) is 6.35. The van der Waals surface area contributed by atoms with Crippen LogP contribution >= 0.6 is 0 Å². The molecule has 3 aromatic rings. The molecule has 0 radical (unpaired) electrons. The number of carbonyl (C=O) groups excluding carboxylic acids is 2. The number of rotatable bonds is 7. The number of benzene rings is 1. The largest absolute Gasteiger partial charge is 0.382 e. The fourth-order valence-corrected chi connectivity index (χ4v) is 4.08. The van der Waals surface area contributed by atoms with Crippen molar-refractivity contribution in [2.45, 2.75) is 45.3 Å². The second-order valence-electron chi connectivity index (χ2n) is 8.71. The quantitative estimate of drug-likeness (QED) is 0.609. The zero-order chi connectivity index (χ0) is 22.8. The van der Waals surface area contributed by atoms with Crippen LogP contribution in [0.5, 0.6) is 0 Å². The molecule has 0 saturated carbocycles. The number of aromatic nitrogens is 4. The average molecular weight is 438 g/mol. The van der Waals surface area contributed by atoms with Gasteiger partial charge in [0.15, 0.2) is 0 Å². The molecule has 1 aliphatic rings. The molecular weight excluding hydrogens is 406 g/mol. The smallest absolute Gasteiger partial charge is 0.242 e. The van der Waals surface area contributed by atoms with Crippen LogP contribution in [0.15, 0.2) is 30.6 Å². The van der Waals surface area contributed by atoms with Crippen LogP contribution in [-0.2, 0) is 35.5 Å². The first-order chi connectivity index (χ1) is 15.3. The van der Waals surface area contributed by atoms with Gasteiger partial charge >= 0.3 is 0 Å². The van der Waals surface area contributed by atoms with E-state index in [0.717, 1.165) is 35.4 Å². The van der Waals surface area contributed by atoms with Crippen LogP contribution in [0.2, 0.25) is 0 Å². The molecule has 0 aliphatic carbocycles. The standard InChI is InChI=1S/C23H31N7O2/c1-16-6-7-17-18(25-16)8-9-19-23(17)26-20(10-13-29-12-5-11-24-29)30(19)15-22(32)28(4)14-21(31)27(2)3/h5,8-9,11-12,16,25H,6-7,10,13-15H2,1-4H3/t16-/m0/s1. The molecule has 0 bridgehead atoms. The summed E-state index contributed by atoms with van der Waals surface area (Å²) >= 11 is 0. The van der Waals surface area contributed by atoms with E-state index in [1.54, 1.807) is 27.3 Å². The molecule has 170 valence electrons. The van der Waals surface area contributed by atoms with Crippen molar-refractivity contribution in [3.63, 3.8) is 0 Å². The van der Waals surface area contributed by atoms with Gasteiger partial charge in [0.1, 0.15) is 12.4 Å². The lowest BCUT2D eigenvalue weighted by Crippen LogP contribution is -2.39.